The van der Waals surface area contributed by atoms with Crippen molar-refractivity contribution in [3.05, 3.63) is 0 Å². The zero-order chi connectivity index (χ0) is 23.2. The fourth-order valence-corrected chi connectivity index (χ4v) is 3.63. The highest BCUT2D eigenvalue weighted by Crippen LogP contribution is 2.13. The SMILES string of the molecule is CCCCCCCCCCCCCCCCCC(=O)NC(=O)[C@@H](N)CCCNC(=N)N.Cl. The van der Waals surface area contributed by atoms with E-state index >= 15 is 0 Å². The summed E-state index contributed by atoms with van der Waals surface area (Å²) in [7, 11) is 0. The number of guanidine groups is 1. The van der Waals surface area contributed by atoms with Crippen LogP contribution in [0.2, 0.25) is 0 Å². The molecule has 0 unspecified atom stereocenters. The molecule has 0 rings (SSSR count). The standard InChI is InChI=1S/C24H49N5O2.ClH/c1-2-3-4-5-6-7-8-9-10-11-12-13-14-15-16-19-22(30)29-23(31)21(25)18-17-20-28-24(26)27;/h21H,2-20,25H2,1H3,(H4,26,27,28)(H,29,30,31);1H/t21-;/m0./s1. The van der Waals surface area contributed by atoms with Gasteiger partial charge in [-0.1, -0.05) is 96.8 Å². The van der Waals surface area contributed by atoms with Gasteiger partial charge in [0.05, 0.1) is 6.04 Å². The smallest absolute Gasteiger partial charge is 0.243 e. The maximum Gasteiger partial charge on any atom is 0.243 e. The van der Waals surface area contributed by atoms with E-state index in [-0.39, 0.29) is 24.3 Å². The maximum absolute atomic E-state index is 11.9. The lowest BCUT2D eigenvalue weighted by Gasteiger charge is -2.11. The van der Waals surface area contributed by atoms with Crippen LogP contribution >= 0.6 is 12.4 Å². The number of hydrogen-bond donors (Lipinski definition) is 5. The Morgan fingerprint density at radius 2 is 1.22 bits per heavy atom. The first-order valence-electron chi connectivity index (χ1n) is 12.6. The number of halogens is 1. The average Bonchev–Trinajstić information content (AvgIpc) is 2.73. The molecular formula is C24H50ClN5O2. The first-order valence-corrected chi connectivity index (χ1v) is 12.6. The number of amides is 2. The third-order valence-corrected chi connectivity index (χ3v) is 5.61. The molecule has 0 aliphatic carbocycles. The van der Waals surface area contributed by atoms with Gasteiger partial charge in [0, 0.05) is 13.0 Å². The van der Waals surface area contributed by atoms with E-state index in [2.05, 4.69) is 17.6 Å². The average molecular weight is 476 g/mol. The van der Waals surface area contributed by atoms with Crippen LogP contribution in [0, 0.1) is 5.41 Å². The highest BCUT2D eigenvalue weighted by molar-refractivity contribution is 5.97. The van der Waals surface area contributed by atoms with Gasteiger partial charge in [0.25, 0.3) is 0 Å². The highest BCUT2D eigenvalue weighted by Gasteiger charge is 2.15. The van der Waals surface area contributed by atoms with Crippen LogP contribution in [0.5, 0.6) is 0 Å². The Bertz CT molecular complexity index is 477. The van der Waals surface area contributed by atoms with Crippen molar-refractivity contribution in [2.45, 2.75) is 129 Å². The van der Waals surface area contributed by atoms with Crippen molar-refractivity contribution in [2.75, 3.05) is 6.54 Å². The van der Waals surface area contributed by atoms with Gasteiger partial charge in [-0.2, -0.15) is 0 Å². The molecular weight excluding hydrogens is 426 g/mol. The van der Waals surface area contributed by atoms with Crippen molar-refractivity contribution in [3.8, 4) is 0 Å². The second-order valence-electron chi connectivity index (χ2n) is 8.70. The Balaban J connectivity index is 0. The van der Waals surface area contributed by atoms with Gasteiger partial charge in [0.1, 0.15) is 0 Å². The molecule has 0 radical (unpaired) electrons. The summed E-state index contributed by atoms with van der Waals surface area (Å²) in [4.78, 5) is 23.8. The Labute approximate surface area is 202 Å². The number of unbranched alkanes of at least 4 members (excludes halogenated alkanes) is 14. The number of nitrogens with one attached hydrogen (secondary N) is 3. The van der Waals surface area contributed by atoms with Crippen molar-refractivity contribution in [2.24, 2.45) is 11.5 Å². The van der Waals surface area contributed by atoms with Gasteiger partial charge >= 0.3 is 0 Å². The van der Waals surface area contributed by atoms with Crippen molar-refractivity contribution >= 4 is 30.2 Å². The lowest BCUT2D eigenvalue weighted by molar-refractivity contribution is -0.131. The molecule has 0 fully saturated rings. The van der Waals surface area contributed by atoms with E-state index in [1.54, 1.807) is 0 Å². The molecule has 0 saturated heterocycles. The van der Waals surface area contributed by atoms with E-state index in [0.29, 0.717) is 25.8 Å². The minimum absolute atomic E-state index is 0. The Morgan fingerprint density at radius 3 is 1.66 bits per heavy atom. The third-order valence-electron chi connectivity index (χ3n) is 5.61. The fourth-order valence-electron chi connectivity index (χ4n) is 3.63. The van der Waals surface area contributed by atoms with Gasteiger partial charge in [-0.05, 0) is 19.3 Å². The van der Waals surface area contributed by atoms with Gasteiger partial charge in [0.15, 0.2) is 5.96 Å². The first-order chi connectivity index (χ1) is 15.0. The molecule has 1 atom stereocenters. The summed E-state index contributed by atoms with van der Waals surface area (Å²) in [6.07, 6.45) is 20.7. The van der Waals surface area contributed by atoms with E-state index in [1.807, 2.05) is 0 Å². The molecule has 32 heavy (non-hydrogen) atoms. The molecule has 0 aromatic heterocycles. The molecule has 190 valence electrons. The number of hydrogen-bond acceptors (Lipinski definition) is 4. The normalized spacial score (nSPS) is 11.4. The van der Waals surface area contributed by atoms with E-state index < -0.39 is 11.9 Å². The number of imide groups is 1. The lowest BCUT2D eigenvalue weighted by atomic mass is 10.0. The van der Waals surface area contributed by atoms with Crippen molar-refractivity contribution in [1.29, 1.82) is 5.41 Å². The van der Waals surface area contributed by atoms with E-state index in [1.165, 1.54) is 77.0 Å². The Kier molecular flexibility index (Phi) is 24.9. The van der Waals surface area contributed by atoms with E-state index in [9.17, 15) is 9.59 Å². The van der Waals surface area contributed by atoms with Crippen LogP contribution in [-0.2, 0) is 9.59 Å². The summed E-state index contributed by atoms with van der Waals surface area (Å²) in [5.41, 5.74) is 11.0. The van der Waals surface area contributed by atoms with Crippen molar-refractivity contribution in [1.82, 2.24) is 10.6 Å². The van der Waals surface area contributed by atoms with Crippen LogP contribution < -0.4 is 22.1 Å². The van der Waals surface area contributed by atoms with Crippen LogP contribution in [0.1, 0.15) is 122 Å². The third kappa shape index (κ3) is 23.3. The second-order valence-corrected chi connectivity index (χ2v) is 8.70. The molecule has 0 aliphatic rings. The van der Waals surface area contributed by atoms with Crippen LogP contribution in [0.25, 0.3) is 0 Å². The quantitative estimate of drug-likeness (QED) is 0.0913. The minimum Gasteiger partial charge on any atom is -0.370 e. The largest absolute Gasteiger partial charge is 0.370 e. The monoisotopic (exact) mass is 475 g/mol. The zero-order valence-corrected chi connectivity index (χ0v) is 21.2. The zero-order valence-electron chi connectivity index (χ0n) is 20.4. The van der Waals surface area contributed by atoms with Gasteiger partial charge in [-0.15, -0.1) is 12.4 Å². The summed E-state index contributed by atoms with van der Waals surface area (Å²) in [6.45, 7) is 2.75. The Hall–Kier alpha value is -1.34. The summed E-state index contributed by atoms with van der Waals surface area (Å²) >= 11 is 0. The minimum atomic E-state index is -0.709. The molecule has 0 saturated carbocycles. The summed E-state index contributed by atoms with van der Waals surface area (Å²) < 4.78 is 0. The Morgan fingerprint density at radius 1 is 0.781 bits per heavy atom. The number of carbonyl (C=O) groups is 2. The lowest BCUT2D eigenvalue weighted by Crippen LogP contribution is -2.43. The number of rotatable bonds is 21. The van der Waals surface area contributed by atoms with Crippen LogP contribution in [0.3, 0.4) is 0 Å². The summed E-state index contributed by atoms with van der Waals surface area (Å²) in [5.74, 6) is -0.762. The predicted molar refractivity (Wildman–Crippen MR) is 137 cm³/mol. The van der Waals surface area contributed by atoms with Gasteiger partial charge in [-0.25, -0.2) is 0 Å². The van der Waals surface area contributed by atoms with E-state index in [4.69, 9.17) is 16.9 Å². The number of nitrogens with two attached hydrogens (primary N) is 2. The molecule has 0 bridgehead atoms. The van der Waals surface area contributed by atoms with Crippen LogP contribution in [0.4, 0.5) is 0 Å². The maximum atomic E-state index is 11.9. The molecule has 7 nitrogen and oxygen atoms in total. The van der Waals surface area contributed by atoms with Gasteiger partial charge in [0.2, 0.25) is 11.8 Å². The van der Waals surface area contributed by atoms with E-state index in [0.717, 1.165) is 19.3 Å². The fraction of sp³-hybridized carbons (Fsp3) is 0.875. The van der Waals surface area contributed by atoms with Crippen molar-refractivity contribution in [3.63, 3.8) is 0 Å². The van der Waals surface area contributed by atoms with Crippen molar-refractivity contribution < 1.29 is 9.59 Å². The summed E-state index contributed by atoms with van der Waals surface area (Å²) in [5, 5.41) is 12.1. The molecule has 0 aromatic rings. The molecule has 0 heterocycles. The predicted octanol–water partition coefficient (Wildman–Crippen LogP) is 4.90. The number of carbonyl (C=O) groups excluding carboxylic acids is 2. The molecule has 8 heteroatoms. The topological polar surface area (TPSA) is 134 Å². The molecule has 0 aromatic carbocycles. The second kappa shape index (κ2) is 24.3. The molecule has 2 amide bonds. The summed E-state index contributed by atoms with van der Waals surface area (Å²) in [6, 6.07) is -0.709. The first kappa shape index (κ1) is 32.8. The van der Waals surface area contributed by atoms with Crippen LogP contribution in [0.15, 0.2) is 0 Å². The van der Waals surface area contributed by atoms with Gasteiger partial charge in [-0.3, -0.25) is 20.3 Å². The molecule has 0 aliphatic heterocycles. The highest BCUT2D eigenvalue weighted by atomic mass is 35.5. The molecule has 0 spiro atoms. The van der Waals surface area contributed by atoms with Crippen LogP contribution in [-0.4, -0.2) is 30.4 Å². The van der Waals surface area contributed by atoms with Gasteiger partial charge < -0.3 is 16.8 Å². The molecule has 7 N–H and O–H groups in total.